The molecule has 5 aromatic carbocycles. The number of fused-ring (bicyclic) bond motifs is 3. The average Bonchev–Trinajstić information content (AvgIpc) is 3.23. The van der Waals surface area contributed by atoms with Crippen LogP contribution in [-0.4, -0.2) is 4.57 Å². The largest absolute Gasteiger partial charge is 0.309 e. The molecule has 0 saturated heterocycles. The second-order valence-electron chi connectivity index (χ2n) is 8.28. The Kier molecular flexibility index (Phi) is 4.86. The number of nitrogens with zero attached hydrogens (tertiary/aromatic N) is 1. The number of hydrogen-bond acceptors (Lipinski definition) is 0. The van der Waals surface area contributed by atoms with Crippen molar-refractivity contribution < 1.29 is 0 Å². The van der Waals surface area contributed by atoms with E-state index < -0.39 is 0 Å². The minimum Gasteiger partial charge on any atom is -0.309 e. The fraction of sp³-hybridized carbons (Fsp3) is 0. The summed E-state index contributed by atoms with van der Waals surface area (Å²) in [4.78, 5) is 0. The standard InChI is InChI=1S/C32H23N/c1-2-8-24(9-3-1)14-15-25-16-18-26(19-17-25)27-20-22-28(23-21-27)33-31-12-6-4-10-29(31)30-11-5-7-13-32(30)33/h1-23H. The molecule has 0 atom stereocenters. The molecule has 1 aromatic heterocycles. The van der Waals surface area contributed by atoms with Crippen molar-refractivity contribution in [3.8, 4) is 16.8 Å². The van der Waals surface area contributed by atoms with E-state index in [0.717, 1.165) is 0 Å². The van der Waals surface area contributed by atoms with E-state index in [1.165, 1.54) is 49.7 Å². The van der Waals surface area contributed by atoms with Crippen LogP contribution in [0.2, 0.25) is 0 Å². The molecule has 0 spiro atoms. The van der Waals surface area contributed by atoms with Crippen molar-refractivity contribution in [3.05, 3.63) is 139 Å². The van der Waals surface area contributed by atoms with Crippen molar-refractivity contribution in [1.29, 1.82) is 0 Å². The van der Waals surface area contributed by atoms with Crippen LogP contribution in [-0.2, 0) is 0 Å². The summed E-state index contributed by atoms with van der Waals surface area (Å²) in [5.41, 5.74) is 8.51. The van der Waals surface area contributed by atoms with Gasteiger partial charge in [-0.3, -0.25) is 0 Å². The molecule has 0 bridgehead atoms. The van der Waals surface area contributed by atoms with Gasteiger partial charge in [-0.2, -0.15) is 0 Å². The summed E-state index contributed by atoms with van der Waals surface area (Å²) in [5, 5.41) is 2.58. The maximum atomic E-state index is 2.35. The number of hydrogen-bond donors (Lipinski definition) is 0. The second-order valence-corrected chi connectivity index (χ2v) is 8.28. The van der Waals surface area contributed by atoms with Crippen molar-refractivity contribution in [1.82, 2.24) is 4.57 Å². The maximum Gasteiger partial charge on any atom is 0.0541 e. The molecule has 1 nitrogen and oxygen atoms in total. The van der Waals surface area contributed by atoms with Gasteiger partial charge in [-0.05, 0) is 46.5 Å². The van der Waals surface area contributed by atoms with Gasteiger partial charge in [0.05, 0.1) is 11.0 Å². The Morgan fingerprint density at radius 1 is 0.394 bits per heavy atom. The van der Waals surface area contributed by atoms with Crippen LogP contribution in [0.3, 0.4) is 0 Å². The van der Waals surface area contributed by atoms with Crippen LogP contribution >= 0.6 is 0 Å². The smallest absolute Gasteiger partial charge is 0.0541 e. The summed E-state index contributed by atoms with van der Waals surface area (Å²) in [6.45, 7) is 0. The molecule has 33 heavy (non-hydrogen) atoms. The van der Waals surface area contributed by atoms with Crippen LogP contribution < -0.4 is 0 Å². The van der Waals surface area contributed by atoms with Crippen LogP contribution in [0.15, 0.2) is 127 Å². The fourth-order valence-corrected chi connectivity index (χ4v) is 4.55. The van der Waals surface area contributed by atoms with Crippen molar-refractivity contribution in [2.45, 2.75) is 0 Å². The van der Waals surface area contributed by atoms with E-state index in [-0.39, 0.29) is 0 Å². The van der Waals surface area contributed by atoms with E-state index >= 15 is 0 Å². The average molecular weight is 422 g/mol. The molecule has 156 valence electrons. The normalized spacial score (nSPS) is 11.5. The first-order valence-corrected chi connectivity index (χ1v) is 11.3. The molecule has 0 aliphatic rings. The van der Waals surface area contributed by atoms with Gasteiger partial charge < -0.3 is 4.57 Å². The second kappa shape index (κ2) is 8.29. The first kappa shape index (κ1) is 19.3. The van der Waals surface area contributed by atoms with Crippen LogP contribution in [0.5, 0.6) is 0 Å². The third-order valence-electron chi connectivity index (χ3n) is 6.22. The minimum atomic E-state index is 1.18. The highest BCUT2D eigenvalue weighted by Gasteiger charge is 2.11. The van der Waals surface area contributed by atoms with Gasteiger partial charge in [0.2, 0.25) is 0 Å². The lowest BCUT2D eigenvalue weighted by molar-refractivity contribution is 1.18. The summed E-state index contributed by atoms with van der Waals surface area (Å²) in [6, 6.07) is 45.3. The molecular formula is C32H23N. The number of para-hydroxylation sites is 2. The van der Waals surface area contributed by atoms with Gasteiger partial charge >= 0.3 is 0 Å². The Balaban J connectivity index is 1.32. The van der Waals surface area contributed by atoms with E-state index in [0.29, 0.717) is 0 Å². The van der Waals surface area contributed by atoms with Gasteiger partial charge in [-0.15, -0.1) is 0 Å². The first-order valence-electron chi connectivity index (χ1n) is 11.3. The van der Waals surface area contributed by atoms with Crippen LogP contribution in [0, 0.1) is 0 Å². The van der Waals surface area contributed by atoms with Crippen LogP contribution in [0.4, 0.5) is 0 Å². The van der Waals surface area contributed by atoms with Crippen LogP contribution in [0.25, 0.3) is 50.8 Å². The number of aromatic nitrogens is 1. The molecular weight excluding hydrogens is 398 g/mol. The highest BCUT2D eigenvalue weighted by molar-refractivity contribution is 6.09. The Morgan fingerprint density at radius 2 is 0.848 bits per heavy atom. The third-order valence-corrected chi connectivity index (χ3v) is 6.22. The Hall–Kier alpha value is -4.36. The van der Waals surface area contributed by atoms with Crippen LogP contribution in [0.1, 0.15) is 11.1 Å². The van der Waals surface area contributed by atoms with Gasteiger partial charge in [0.1, 0.15) is 0 Å². The fourth-order valence-electron chi connectivity index (χ4n) is 4.55. The molecule has 0 aliphatic heterocycles. The molecule has 6 aromatic rings. The van der Waals surface area contributed by atoms with E-state index in [1.807, 2.05) is 6.07 Å². The lowest BCUT2D eigenvalue weighted by atomic mass is 10.0. The Morgan fingerprint density at radius 3 is 1.42 bits per heavy atom. The predicted octanol–water partition coefficient (Wildman–Crippen LogP) is 8.62. The summed E-state index contributed by atoms with van der Waals surface area (Å²) < 4.78 is 2.35. The van der Waals surface area contributed by atoms with E-state index in [4.69, 9.17) is 0 Å². The zero-order valence-corrected chi connectivity index (χ0v) is 18.2. The first-order chi connectivity index (χ1) is 16.4. The summed E-state index contributed by atoms with van der Waals surface area (Å²) in [6.07, 6.45) is 4.31. The lowest BCUT2D eigenvalue weighted by Gasteiger charge is -2.09. The molecule has 0 radical (unpaired) electrons. The van der Waals surface area contributed by atoms with Gasteiger partial charge in [-0.25, -0.2) is 0 Å². The molecule has 6 rings (SSSR count). The van der Waals surface area contributed by atoms with E-state index in [9.17, 15) is 0 Å². The number of rotatable bonds is 4. The highest BCUT2D eigenvalue weighted by Crippen LogP contribution is 2.32. The van der Waals surface area contributed by atoms with Gasteiger partial charge in [0, 0.05) is 16.5 Å². The summed E-state index contributed by atoms with van der Waals surface area (Å²) >= 11 is 0. The predicted molar refractivity (Wildman–Crippen MR) is 142 cm³/mol. The van der Waals surface area contributed by atoms with E-state index in [2.05, 4.69) is 138 Å². The molecule has 1 heterocycles. The zero-order chi connectivity index (χ0) is 22.0. The Bertz CT molecular complexity index is 1510. The summed E-state index contributed by atoms with van der Waals surface area (Å²) in [5.74, 6) is 0. The monoisotopic (exact) mass is 421 g/mol. The number of benzene rings is 5. The molecule has 0 amide bonds. The molecule has 0 N–H and O–H groups in total. The molecule has 1 heteroatoms. The Labute approximate surface area is 193 Å². The van der Waals surface area contributed by atoms with Crippen molar-refractivity contribution >= 4 is 34.0 Å². The lowest BCUT2D eigenvalue weighted by Crippen LogP contribution is -1.93. The van der Waals surface area contributed by atoms with Gasteiger partial charge in [0.25, 0.3) is 0 Å². The SMILES string of the molecule is C(=Cc1ccc(-c2ccc(-n3c4ccccc4c4ccccc43)cc2)cc1)c1ccccc1. The quantitative estimate of drug-likeness (QED) is 0.251. The highest BCUT2D eigenvalue weighted by atomic mass is 15.0. The van der Waals surface area contributed by atoms with Gasteiger partial charge in [-0.1, -0.05) is 115 Å². The minimum absolute atomic E-state index is 1.18. The molecule has 0 saturated carbocycles. The third kappa shape index (κ3) is 3.64. The van der Waals surface area contributed by atoms with Gasteiger partial charge in [0.15, 0.2) is 0 Å². The van der Waals surface area contributed by atoms with Crippen molar-refractivity contribution in [2.24, 2.45) is 0 Å². The van der Waals surface area contributed by atoms with Crippen molar-refractivity contribution in [2.75, 3.05) is 0 Å². The van der Waals surface area contributed by atoms with Crippen molar-refractivity contribution in [3.63, 3.8) is 0 Å². The molecule has 0 fully saturated rings. The summed E-state index contributed by atoms with van der Waals surface area (Å²) in [7, 11) is 0. The maximum absolute atomic E-state index is 2.35. The topological polar surface area (TPSA) is 4.93 Å². The van der Waals surface area contributed by atoms with E-state index in [1.54, 1.807) is 0 Å². The molecule has 0 unspecified atom stereocenters. The zero-order valence-electron chi connectivity index (χ0n) is 18.2. The molecule has 0 aliphatic carbocycles.